The van der Waals surface area contributed by atoms with Gasteiger partial charge in [0.1, 0.15) is 18.3 Å². The number of imidazole rings is 1. The zero-order valence-corrected chi connectivity index (χ0v) is 20.4. The molecule has 3 aromatic rings. The van der Waals surface area contributed by atoms with E-state index in [1.807, 2.05) is 0 Å². The Kier molecular flexibility index (Phi) is 6.96. The molecule has 5 atom stereocenters. The van der Waals surface area contributed by atoms with Gasteiger partial charge < -0.3 is 24.4 Å². The molecule has 1 saturated heterocycles. The summed E-state index contributed by atoms with van der Waals surface area (Å²) in [4.78, 5) is 51.3. The van der Waals surface area contributed by atoms with Gasteiger partial charge in [0.2, 0.25) is 6.29 Å². The van der Waals surface area contributed by atoms with E-state index in [4.69, 9.17) is 14.0 Å². The molecule has 15 nitrogen and oxygen atoms in total. The SMILES string of the molecule is Cn1cnc2c1c(=O)n(CCOC(=O)c1ccc[n+]([C@@H]3O[C@H](OP(C)(=O)O)[C@H](O)[C@H]3O)c1)c(=O)n2C. The molecule has 4 rings (SSSR count). The monoisotopic (exact) mass is 526 g/mol. The first kappa shape index (κ1) is 25.9. The molecule has 1 aliphatic rings. The van der Waals surface area contributed by atoms with E-state index in [0.717, 1.165) is 11.2 Å². The minimum Gasteiger partial charge on any atom is -0.460 e. The maximum absolute atomic E-state index is 12.7. The molecule has 0 aliphatic carbocycles. The molecule has 0 radical (unpaired) electrons. The van der Waals surface area contributed by atoms with Crippen LogP contribution in [0.15, 0.2) is 40.4 Å². The molecule has 0 saturated carbocycles. The zero-order valence-electron chi connectivity index (χ0n) is 19.5. The normalized spacial score (nSPS) is 23.6. The second kappa shape index (κ2) is 9.69. The van der Waals surface area contributed by atoms with Crippen molar-refractivity contribution >= 4 is 24.7 Å². The molecule has 3 aromatic heterocycles. The van der Waals surface area contributed by atoms with Crippen LogP contribution < -0.4 is 15.8 Å². The maximum Gasteiger partial charge on any atom is 0.344 e. The Morgan fingerprint density at radius 1 is 1.28 bits per heavy atom. The number of fused-ring (bicyclic) bond motifs is 1. The molecule has 3 N–H and O–H groups in total. The number of ether oxygens (including phenoxy) is 2. The summed E-state index contributed by atoms with van der Waals surface area (Å²) in [7, 11) is -0.911. The smallest absolute Gasteiger partial charge is 0.344 e. The van der Waals surface area contributed by atoms with Crippen molar-refractivity contribution in [2.24, 2.45) is 14.1 Å². The van der Waals surface area contributed by atoms with E-state index in [2.05, 4.69) is 4.98 Å². The minimum atomic E-state index is -4.02. The van der Waals surface area contributed by atoms with E-state index in [0.29, 0.717) is 0 Å². The van der Waals surface area contributed by atoms with Crippen LogP contribution in [0, 0.1) is 0 Å². The Hall–Kier alpha value is -3.20. The lowest BCUT2D eigenvalue weighted by molar-refractivity contribution is -0.767. The first-order chi connectivity index (χ1) is 16.9. The molecule has 16 heteroatoms. The summed E-state index contributed by atoms with van der Waals surface area (Å²) in [5, 5.41) is 20.4. The second-order valence-electron chi connectivity index (χ2n) is 8.29. The van der Waals surface area contributed by atoms with E-state index >= 15 is 0 Å². The number of nitrogens with zero attached hydrogens (tertiary/aromatic N) is 5. The van der Waals surface area contributed by atoms with Crippen LogP contribution in [-0.2, 0) is 39.2 Å². The number of esters is 1. The Morgan fingerprint density at radius 2 is 2.00 bits per heavy atom. The van der Waals surface area contributed by atoms with Gasteiger partial charge in [0.25, 0.3) is 11.8 Å². The van der Waals surface area contributed by atoms with Crippen molar-refractivity contribution in [1.29, 1.82) is 0 Å². The van der Waals surface area contributed by atoms with Crippen molar-refractivity contribution in [2.45, 2.75) is 31.3 Å². The summed E-state index contributed by atoms with van der Waals surface area (Å²) in [5.41, 5.74) is -0.666. The Balaban J connectivity index is 1.46. The number of carbonyl (C=O) groups is 1. The number of aliphatic hydroxyl groups is 2. The van der Waals surface area contributed by atoms with Gasteiger partial charge in [-0.05, 0) is 6.07 Å². The highest BCUT2D eigenvalue weighted by atomic mass is 31.2. The van der Waals surface area contributed by atoms with Crippen molar-refractivity contribution in [3.8, 4) is 0 Å². The van der Waals surface area contributed by atoms with Gasteiger partial charge in [-0.2, -0.15) is 4.57 Å². The van der Waals surface area contributed by atoms with Gasteiger partial charge in [-0.15, -0.1) is 0 Å². The lowest BCUT2D eigenvalue weighted by atomic mass is 10.2. The van der Waals surface area contributed by atoms with Crippen molar-refractivity contribution in [1.82, 2.24) is 18.7 Å². The Labute approximate surface area is 202 Å². The molecule has 36 heavy (non-hydrogen) atoms. The van der Waals surface area contributed by atoms with Crippen LogP contribution in [0.2, 0.25) is 0 Å². The summed E-state index contributed by atoms with van der Waals surface area (Å²) in [6, 6.07) is 2.88. The Bertz CT molecular complexity index is 1470. The predicted molar refractivity (Wildman–Crippen MR) is 120 cm³/mol. The van der Waals surface area contributed by atoms with Crippen LogP contribution in [-0.4, -0.2) is 71.5 Å². The Morgan fingerprint density at radius 3 is 2.69 bits per heavy atom. The van der Waals surface area contributed by atoms with Gasteiger partial charge in [-0.3, -0.25) is 27.8 Å². The lowest BCUT2D eigenvalue weighted by Gasteiger charge is -2.15. The molecule has 4 heterocycles. The van der Waals surface area contributed by atoms with E-state index in [9.17, 15) is 34.1 Å². The highest BCUT2D eigenvalue weighted by molar-refractivity contribution is 7.51. The van der Waals surface area contributed by atoms with E-state index < -0.39 is 49.5 Å². The number of pyridine rings is 1. The second-order valence-corrected chi connectivity index (χ2v) is 10.1. The predicted octanol–water partition coefficient (Wildman–Crippen LogP) is -2.01. The van der Waals surface area contributed by atoms with Crippen LogP contribution in [0.1, 0.15) is 16.6 Å². The van der Waals surface area contributed by atoms with Crippen molar-refractivity contribution in [3.63, 3.8) is 0 Å². The van der Waals surface area contributed by atoms with Crippen LogP contribution >= 0.6 is 7.60 Å². The summed E-state index contributed by atoms with van der Waals surface area (Å²) in [6.07, 6.45) is -1.79. The van der Waals surface area contributed by atoms with Crippen molar-refractivity contribution in [3.05, 3.63) is 57.3 Å². The standard InChI is InChI=1S/C20H24N5O10P/c1-22-10-21-15-12(22)16(28)25(20(30)23(15)2)7-8-33-18(29)11-5-4-6-24(9-11)17-13(26)14(27)19(34-17)35-36(3,31)32/h4-6,9-10,13-14,17,19,26-27H,7-8H2,1-3H3/p+1/t13-,14-,17-,19-/m1/s1. The maximum atomic E-state index is 12.7. The van der Waals surface area contributed by atoms with Gasteiger partial charge in [0.15, 0.2) is 29.7 Å². The lowest BCUT2D eigenvalue weighted by Crippen LogP contribution is -2.46. The molecular weight excluding hydrogens is 501 g/mol. The molecule has 1 aliphatic heterocycles. The topological polar surface area (TPSA) is 188 Å². The summed E-state index contributed by atoms with van der Waals surface area (Å²) >= 11 is 0. The zero-order chi connectivity index (χ0) is 26.4. The van der Waals surface area contributed by atoms with E-state index in [1.165, 1.54) is 51.6 Å². The number of hydrogen-bond acceptors (Lipinski definition) is 10. The number of aromatic nitrogens is 5. The number of rotatable bonds is 7. The minimum absolute atomic E-state index is 0.0396. The summed E-state index contributed by atoms with van der Waals surface area (Å²) in [6.45, 7) is 0.427. The van der Waals surface area contributed by atoms with Crippen molar-refractivity contribution in [2.75, 3.05) is 13.3 Å². The number of hydrogen-bond donors (Lipinski definition) is 3. The van der Waals surface area contributed by atoms with Gasteiger partial charge in [0.05, 0.1) is 12.9 Å². The summed E-state index contributed by atoms with van der Waals surface area (Å²) in [5.74, 6) is -0.787. The summed E-state index contributed by atoms with van der Waals surface area (Å²) < 4.78 is 31.8. The quantitative estimate of drug-likeness (QED) is 0.175. The fraction of sp³-hybridized carbons (Fsp3) is 0.450. The number of aryl methyl sites for hydroxylation is 2. The first-order valence-electron chi connectivity index (χ1n) is 10.7. The molecular formula is C20H25N5O10P+. The molecule has 1 fully saturated rings. The number of carbonyl (C=O) groups excluding carboxylic acids is 1. The average Bonchev–Trinajstić information content (AvgIpc) is 3.34. The molecule has 0 bridgehead atoms. The third-order valence-corrected chi connectivity index (χ3v) is 6.19. The molecule has 1 unspecified atom stereocenters. The van der Waals surface area contributed by atoms with Crippen LogP contribution in [0.5, 0.6) is 0 Å². The number of aliphatic hydroxyl groups excluding tert-OH is 2. The molecule has 0 amide bonds. The average molecular weight is 526 g/mol. The third-order valence-electron chi connectivity index (χ3n) is 5.59. The molecule has 194 valence electrons. The van der Waals surface area contributed by atoms with Gasteiger partial charge in [0, 0.05) is 26.8 Å². The third kappa shape index (κ3) is 4.89. The van der Waals surface area contributed by atoms with E-state index in [-0.39, 0.29) is 29.9 Å². The van der Waals surface area contributed by atoms with Crippen LogP contribution in [0.25, 0.3) is 11.2 Å². The largest absolute Gasteiger partial charge is 0.460 e. The molecule has 0 spiro atoms. The van der Waals surface area contributed by atoms with Crippen molar-refractivity contribution < 1.29 is 43.0 Å². The fourth-order valence-corrected chi connectivity index (χ4v) is 4.39. The first-order valence-corrected chi connectivity index (χ1v) is 12.7. The highest BCUT2D eigenvalue weighted by Crippen LogP contribution is 2.42. The van der Waals surface area contributed by atoms with Crippen LogP contribution in [0.3, 0.4) is 0 Å². The van der Waals surface area contributed by atoms with E-state index in [1.54, 1.807) is 7.05 Å². The van der Waals surface area contributed by atoms with Gasteiger partial charge >= 0.3 is 19.3 Å². The van der Waals surface area contributed by atoms with Gasteiger partial charge in [-0.25, -0.2) is 14.6 Å². The highest BCUT2D eigenvalue weighted by Gasteiger charge is 2.50. The fourth-order valence-electron chi connectivity index (χ4n) is 3.83. The van der Waals surface area contributed by atoms with Gasteiger partial charge in [-0.1, -0.05) is 0 Å². The molecule has 0 aromatic carbocycles. The van der Waals surface area contributed by atoms with Crippen LogP contribution in [0.4, 0.5) is 0 Å².